The highest BCUT2D eigenvalue weighted by molar-refractivity contribution is 5.99. The Kier molecular flexibility index (Phi) is 8.25. The molecule has 0 radical (unpaired) electrons. The van der Waals surface area contributed by atoms with E-state index in [1.165, 1.54) is 6.42 Å². The summed E-state index contributed by atoms with van der Waals surface area (Å²) < 4.78 is 5.73. The summed E-state index contributed by atoms with van der Waals surface area (Å²) in [5.41, 5.74) is 6.24. The number of rotatable bonds is 7. The molecule has 32 heavy (non-hydrogen) atoms. The minimum atomic E-state index is -0.449. The first kappa shape index (κ1) is 23.3. The number of hydrogen-bond acceptors (Lipinski definition) is 4. The van der Waals surface area contributed by atoms with Crippen LogP contribution in [-0.4, -0.2) is 23.8 Å². The monoisotopic (exact) mass is 437 g/mol. The van der Waals surface area contributed by atoms with Gasteiger partial charge in [0.2, 0.25) is 5.91 Å². The van der Waals surface area contributed by atoms with Crippen molar-refractivity contribution in [2.24, 2.45) is 5.92 Å². The maximum absolute atomic E-state index is 12.4. The minimum absolute atomic E-state index is 0.0358. The van der Waals surface area contributed by atoms with E-state index in [1.807, 2.05) is 13.8 Å². The van der Waals surface area contributed by atoms with Gasteiger partial charge in [-0.2, -0.15) is 0 Å². The molecule has 0 spiro atoms. The number of benzene rings is 2. The fourth-order valence-corrected chi connectivity index (χ4v) is 3.60. The number of hydrazine groups is 1. The van der Waals surface area contributed by atoms with E-state index in [0.717, 1.165) is 32.1 Å². The Bertz CT molecular complexity index is 936. The lowest BCUT2D eigenvalue weighted by atomic mass is 9.88. The van der Waals surface area contributed by atoms with Gasteiger partial charge in [-0.3, -0.25) is 25.2 Å². The molecule has 1 unspecified atom stereocenters. The molecule has 3 rings (SSSR count). The van der Waals surface area contributed by atoms with Gasteiger partial charge in [0, 0.05) is 22.7 Å². The molecule has 1 aliphatic rings. The molecule has 3 amide bonds. The highest BCUT2D eigenvalue weighted by Gasteiger charge is 2.21. The summed E-state index contributed by atoms with van der Waals surface area (Å²) >= 11 is 0. The van der Waals surface area contributed by atoms with Crippen molar-refractivity contribution >= 4 is 23.4 Å². The normalized spacial score (nSPS) is 14.8. The van der Waals surface area contributed by atoms with Gasteiger partial charge in [-0.25, -0.2) is 0 Å². The summed E-state index contributed by atoms with van der Waals surface area (Å²) in [4.78, 5) is 37.1. The zero-order valence-electron chi connectivity index (χ0n) is 18.6. The third-order valence-electron chi connectivity index (χ3n) is 5.69. The molecule has 0 aliphatic heterocycles. The van der Waals surface area contributed by atoms with Gasteiger partial charge < -0.3 is 10.1 Å². The van der Waals surface area contributed by atoms with Gasteiger partial charge in [0.1, 0.15) is 5.75 Å². The molecular formula is C25H31N3O4. The Morgan fingerprint density at radius 1 is 0.938 bits per heavy atom. The quantitative estimate of drug-likeness (QED) is 0.557. The first-order chi connectivity index (χ1) is 15.5. The number of anilines is 1. The Balaban J connectivity index is 1.51. The van der Waals surface area contributed by atoms with Crippen molar-refractivity contribution in [3.05, 3.63) is 59.7 Å². The minimum Gasteiger partial charge on any atom is -0.491 e. The zero-order chi connectivity index (χ0) is 22.9. The smallest absolute Gasteiger partial charge is 0.269 e. The number of hydrogen-bond donors (Lipinski definition) is 3. The number of nitrogens with one attached hydrogen (secondary N) is 3. The van der Waals surface area contributed by atoms with Gasteiger partial charge in [0.05, 0.1) is 6.10 Å². The first-order valence-corrected chi connectivity index (χ1v) is 11.2. The Hall–Kier alpha value is -3.35. The lowest BCUT2D eigenvalue weighted by Crippen LogP contribution is -2.41. The fraction of sp³-hybridized carbons (Fsp3) is 0.400. The van der Waals surface area contributed by atoms with E-state index in [4.69, 9.17) is 4.74 Å². The summed E-state index contributed by atoms with van der Waals surface area (Å²) in [6, 6.07) is 13.4. The molecule has 1 aliphatic carbocycles. The van der Waals surface area contributed by atoms with Gasteiger partial charge in [0.15, 0.2) is 0 Å². The van der Waals surface area contributed by atoms with Crippen molar-refractivity contribution in [2.75, 3.05) is 5.32 Å². The molecule has 1 fully saturated rings. The molecule has 3 N–H and O–H groups in total. The second-order valence-electron chi connectivity index (χ2n) is 8.17. The molecule has 2 aromatic carbocycles. The van der Waals surface area contributed by atoms with Crippen LogP contribution in [0.4, 0.5) is 5.69 Å². The lowest BCUT2D eigenvalue weighted by molar-refractivity contribution is -0.120. The van der Waals surface area contributed by atoms with E-state index < -0.39 is 11.8 Å². The molecule has 1 atom stereocenters. The molecule has 7 heteroatoms. The highest BCUT2D eigenvalue weighted by atomic mass is 16.5. The standard InChI is InChI=1S/C25H31N3O4/c1-3-17(2)32-22-11-7-10-20(16-22)25(31)28-27-24(30)19-12-14-21(15-13-19)26-23(29)18-8-5-4-6-9-18/h7,10-18H,3-6,8-9H2,1-2H3,(H,26,29)(H,27,30)(H,28,31). The van der Waals surface area contributed by atoms with E-state index in [1.54, 1.807) is 48.5 Å². The summed E-state index contributed by atoms with van der Waals surface area (Å²) in [7, 11) is 0. The fourth-order valence-electron chi connectivity index (χ4n) is 3.60. The van der Waals surface area contributed by atoms with Crippen LogP contribution in [0.1, 0.15) is 73.1 Å². The van der Waals surface area contributed by atoms with Crippen molar-refractivity contribution in [3.8, 4) is 5.75 Å². The molecule has 1 saturated carbocycles. The maximum Gasteiger partial charge on any atom is 0.269 e. The molecule has 7 nitrogen and oxygen atoms in total. The summed E-state index contributed by atoms with van der Waals surface area (Å²) in [5.74, 6) is -0.186. The van der Waals surface area contributed by atoms with E-state index >= 15 is 0 Å². The molecular weight excluding hydrogens is 406 g/mol. The Labute approximate surface area is 188 Å². The van der Waals surface area contributed by atoms with Crippen LogP contribution in [0.15, 0.2) is 48.5 Å². The molecule has 2 aromatic rings. The SMILES string of the molecule is CCC(C)Oc1cccc(C(=O)NNC(=O)c2ccc(NC(=O)C3CCCCC3)cc2)c1. The summed E-state index contributed by atoms with van der Waals surface area (Å²) in [6.45, 7) is 3.98. The molecule has 0 heterocycles. The topological polar surface area (TPSA) is 96.5 Å². The van der Waals surface area contributed by atoms with Crippen molar-refractivity contribution in [3.63, 3.8) is 0 Å². The van der Waals surface area contributed by atoms with Gasteiger partial charge >= 0.3 is 0 Å². The van der Waals surface area contributed by atoms with Crippen molar-refractivity contribution < 1.29 is 19.1 Å². The zero-order valence-corrected chi connectivity index (χ0v) is 18.6. The van der Waals surface area contributed by atoms with Crippen LogP contribution in [-0.2, 0) is 4.79 Å². The maximum atomic E-state index is 12.4. The van der Waals surface area contributed by atoms with Crippen LogP contribution in [0.3, 0.4) is 0 Å². The van der Waals surface area contributed by atoms with E-state index in [-0.39, 0.29) is 17.9 Å². The molecule has 170 valence electrons. The predicted octanol–water partition coefficient (Wildman–Crippen LogP) is 4.46. The third-order valence-corrected chi connectivity index (χ3v) is 5.69. The van der Waals surface area contributed by atoms with Gasteiger partial charge in [0.25, 0.3) is 11.8 Å². The highest BCUT2D eigenvalue weighted by Crippen LogP contribution is 2.25. The van der Waals surface area contributed by atoms with Crippen LogP contribution in [0.2, 0.25) is 0 Å². The van der Waals surface area contributed by atoms with Crippen LogP contribution in [0.5, 0.6) is 5.75 Å². The Morgan fingerprint density at radius 3 is 2.25 bits per heavy atom. The molecule has 0 aromatic heterocycles. The second kappa shape index (κ2) is 11.3. The van der Waals surface area contributed by atoms with E-state index in [9.17, 15) is 14.4 Å². The van der Waals surface area contributed by atoms with Crippen molar-refractivity contribution in [1.29, 1.82) is 0 Å². The number of carbonyl (C=O) groups is 3. The van der Waals surface area contributed by atoms with Crippen LogP contribution in [0, 0.1) is 5.92 Å². The predicted molar refractivity (Wildman–Crippen MR) is 123 cm³/mol. The van der Waals surface area contributed by atoms with Gasteiger partial charge in [-0.05, 0) is 68.7 Å². The van der Waals surface area contributed by atoms with Gasteiger partial charge in [-0.15, -0.1) is 0 Å². The second-order valence-corrected chi connectivity index (χ2v) is 8.17. The first-order valence-electron chi connectivity index (χ1n) is 11.2. The average molecular weight is 438 g/mol. The number of ether oxygens (including phenoxy) is 1. The van der Waals surface area contributed by atoms with Crippen LogP contribution in [0.25, 0.3) is 0 Å². The van der Waals surface area contributed by atoms with E-state index in [2.05, 4.69) is 16.2 Å². The van der Waals surface area contributed by atoms with Crippen LogP contribution < -0.4 is 20.9 Å². The number of amides is 3. The molecule has 0 saturated heterocycles. The third kappa shape index (κ3) is 6.57. The summed E-state index contributed by atoms with van der Waals surface area (Å²) in [5, 5.41) is 2.92. The average Bonchev–Trinajstić information content (AvgIpc) is 2.83. The Morgan fingerprint density at radius 2 is 1.59 bits per heavy atom. The lowest BCUT2D eigenvalue weighted by Gasteiger charge is -2.20. The van der Waals surface area contributed by atoms with E-state index in [0.29, 0.717) is 22.6 Å². The van der Waals surface area contributed by atoms with Crippen molar-refractivity contribution in [1.82, 2.24) is 10.9 Å². The molecule has 0 bridgehead atoms. The van der Waals surface area contributed by atoms with Crippen molar-refractivity contribution in [2.45, 2.75) is 58.5 Å². The summed E-state index contributed by atoms with van der Waals surface area (Å²) in [6.07, 6.45) is 6.15. The van der Waals surface area contributed by atoms with Gasteiger partial charge in [-0.1, -0.05) is 32.3 Å². The van der Waals surface area contributed by atoms with Crippen LogP contribution >= 0.6 is 0 Å². The number of carbonyl (C=O) groups excluding carboxylic acids is 3. The largest absolute Gasteiger partial charge is 0.491 e.